The van der Waals surface area contributed by atoms with Crippen molar-refractivity contribution in [1.29, 1.82) is 0 Å². The average molecular weight is 455 g/mol. The van der Waals surface area contributed by atoms with Crippen molar-refractivity contribution < 1.29 is 23.5 Å². The molecule has 1 aromatic carbocycles. The van der Waals surface area contributed by atoms with Crippen LogP contribution in [-0.4, -0.2) is 78.7 Å². The molecule has 3 heterocycles. The van der Waals surface area contributed by atoms with E-state index in [9.17, 15) is 18.8 Å². The highest BCUT2D eigenvalue weighted by molar-refractivity contribution is 5.90. The molecule has 2 aliphatic heterocycles. The van der Waals surface area contributed by atoms with Gasteiger partial charge in [0.25, 0.3) is 0 Å². The van der Waals surface area contributed by atoms with Crippen molar-refractivity contribution in [2.45, 2.75) is 20.1 Å². The molecular weight excluding hydrogens is 429 g/mol. The van der Waals surface area contributed by atoms with E-state index < -0.39 is 18.1 Å². The third kappa shape index (κ3) is 4.59. The SMILES string of the molecule is CC(=O)N1CCN(c2ccc(-c3ccc(N4C[C@@H](N(C)C(C)=O)OC4=O)cc3F)cn2)CC1. The molecule has 4 rings (SSSR count). The Hall–Kier alpha value is -3.69. The second-order valence-electron chi connectivity index (χ2n) is 8.14. The number of cyclic esters (lactones) is 1. The number of piperazine rings is 1. The van der Waals surface area contributed by atoms with Crippen LogP contribution in [0.2, 0.25) is 0 Å². The van der Waals surface area contributed by atoms with Crippen molar-refractivity contribution in [1.82, 2.24) is 14.8 Å². The van der Waals surface area contributed by atoms with Crippen molar-refractivity contribution in [2.24, 2.45) is 0 Å². The fourth-order valence-electron chi connectivity index (χ4n) is 3.95. The molecule has 3 amide bonds. The molecule has 0 radical (unpaired) electrons. The van der Waals surface area contributed by atoms with Gasteiger partial charge in [-0.1, -0.05) is 0 Å². The lowest BCUT2D eigenvalue weighted by Crippen LogP contribution is -2.48. The zero-order chi connectivity index (χ0) is 23.7. The van der Waals surface area contributed by atoms with E-state index in [1.165, 1.54) is 22.8 Å². The largest absolute Gasteiger partial charge is 0.423 e. The Balaban J connectivity index is 1.46. The van der Waals surface area contributed by atoms with Crippen LogP contribution in [0.3, 0.4) is 0 Å². The van der Waals surface area contributed by atoms with E-state index in [0.29, 0.717) is 43.0 Å². The Morgan fingerprint density at radius 2 is 1.85 bits per heavy atom. The summed E-state index contributed by atoms with van der Waals surface area (Å²) in [7, 11) is 1.55. The molecule has 0 bridgehead atoms. The lowest BCUT2D eigenvalue weighted by molar-refractivity contribution is -0.134. The van der Waals surface area contributed by atoms with Gasteiger partial charge in [-0.25, -0.2) is 14.2 Å². The molecule has 2 aliphatic rings. The van der Waals surface area contributed by atoms with Crippen molar-refractivity contribution in [3.05, 3.63) is 42.3 Å². The Morgan fingerprint density at radius 1 is 1.12 bits per heavy atom. The number of likely N-dealkylation sites (N-methyl/N-ethyl adjacent to an activating group) is 1. The number of carbonyl (C=O) groups is 3. The summed E-state index contributed by atoms with van der Waals surface area (Å²) in [6, 6.07) is 8.17. The first-order valence-corrected chi connectivity index (χ1v) is 10.7. The summed E-state index contributed by atoms with van der Waals surface area (Å²) in [5.74, 6) is 0.126. The van der Waals surface area contributed by atoms with Crippen LogP contribution >= 0.6 is 0 Å². The smallest absolute Gasteiger partial charge is 0.416 e. The molecule has 33 heavy (non-hydrogen) atoms. The topological polar surface area (TPSA) is 86.3 Å². The second kappa shape index (κ2) is 9.05. The van der Waals surface area contributed by atoms with Crippen LogP contribution in [-0.2, 0) is 14.3 Å². The first kappa shape index (κ1) is 22.5. The highest BCUT2D eigenvalue weighted by Crippen LogP contribution is 2.30. The lowest BCUT2D eigenvalue weighted by Gasteiger charge is -2.34. The van der Waals surface area contributed by atoms with E-state index >= 15 is 0 Å². The van der Waals surface area contributed by atoms with Crippen LogP contribution in [0.25, 0.3) is 11.1 Å². The van der Waals surface area contributed by atoms with Crippen LogP contribution in [0.5, 0.6) is 0 Å². The molecule has 1 atom stereocenters. The van der Waals surface area contributed by atoms with Crippen LogP contribution in [0.4, 0.5) is 20.7 Å². The average Bonchev–Trinajstić information content (AvgIpc) is 3.20. The third-order valence-corrected chi connectivity index (χ3v) is 6.10. The second-order valence-corrected chi connectivity index (χ2v) is 8.14. The number of halogens is 1. The standard InChI is InChI=1S/C23H26FN5O4/c1-15(30)26(3)22-14-29(23(32)33-22)18-5-6-19(20(24)12-18)17-4-7-21(25-13-17)28-10-8-27(9-11-28)16(2)31/h4-7,12-13,22H,8-11,14H2,1-3H3/t22-/m0/s1. The number of amides is 3. The molecule has 2 saturated heterocycles. The number of anilines is 2. The molecule has 10 heteroatoms. The minimum absolute atomic E-state index is 0.0699. The molecule has 2 aromatic rings. The molecule has 9 nitrogen and oxygen atoms in total. The number of hydrogen-bond donors (Lipinski definition) is 0. The van der Waals surface area contributed by atoms with Crippen LogP contribution in [0.1, 0.15) is 13.8 Å². The first-order valence-electron chi connectivity index (χ1n) is 10.7. The molecule has 0 aliphatic carbocycles. The molecule has 0 unspecified atom stereocenters. The summed E-state index contributed by atoms with van der Waals surface area (Å²) in [5, 5.41) is 0. The fraction of sp³-hybridized carbons (Fsp3) is 0.391. The van der Waals surface area contributed by atoms with E-state index in [0.717, 1.165) is 5.82 Å². The van der Waals surface area contributed by atoms with Crippen molar-refractivity contribution in [3.63, 3.8) is 0 Å². The van der Waals surface area contributed by atoms with Crippen LogP contribution in [0.15, 0.2) is 36.5 Å². The maximum Gasteiger partial charge on any atom is 0.416 e. The number of pyridine rings is 1. The van der Waals surface area contributed by atoms with Gasteiger partial charge in [-0.15, -0.1) is 0 Å². The van der Waals surface area contributed by atoms with E-state index in [4.69, 9.17) is 4.74 Å². The molecular formula is C23H26FN5O4. The minimum Gasteiger partial charge on any atom is -0.423 e. The highest BCUT2D eigenvalue weighted by Gasteiger charge is 2.36. The normalized spacial score (nSPS) is 18.4. The maximum absolute atomic E-state index is 15.0. The molecule has 0 N–H and O–H groups in total. The van der Waals surface area contributed by atoms with Gasteiger partial charge in [-0.05, 0) is 30.3 Å². The predicted molar refractivity (Wildman–Crippen MR) is 120 cm³/mol. The number of rotatable bonds is 4. The Labute approximate surface area is 191 Å². The number of ether oxygens (including phenoxy) is 1. The monoisotopic (exact) mass is 455 g/mol. The summed E-state index contributed by atoms with van der Waals surface area (Å²) in [6.45, 7) is 5.77. The first-order chi connectivity index (χ1) is 15.7. The summed E-state index contributed by atoms with van der Waals surface area (Å²) in [6.07, 6.45) is 0.273. The van der Waals surface area contributed by atoms with Gasteiger partial charge in [0.1, 0.15) is 11.6 Å². The minimum atomic E-state index is -0.716. The van der Waals surface area contributed by atoms with Gasteiger partial charge in [0.2, 0.25) is 11.8 Å². The molecule has 0 spiro atoms. The number of hydrogen-bond acceptors (Lipinski definition) is 6. The van der Waals surface area contributed by atoms with Crippen molar-refractivity contribution >= 4 is 29.4 Å². The van der Waals surface area contributed by atoms with E-state index in [1.807, 2.05) is 6.07 Å². The van der Waals surface area contributed by atoms with E-state index in [1.54, 1.807) is 43.3 Å². The van der Waals surface area contributed by atoms with Crippen molar-refractivity contribution in [2.75, 3.05) is 49.6 Å². The number of carbonyl (C=O) groups excluding carboxylic acids is 3. The lowest BCUT2D eigenvalue weighted by atomic mass is 10.1. The fourth-order valence-corrected chi connectivity index (χ4v) is 3.95. The molecule has 174 valence electrons. The molecule has 1 aromatic heterocycles. The van der Waals surface area contributed by atoms with E-state index in [2.05, 4.69) is 9.88 Å². The van der Waals surface area contributed by atoms with Gasteiger partial charge in [0.15, 0.2) is 6.23 Å². The summed E-state index contributed by atoms with van der Waals surface area (Å²) >= 11 is 0. The molecule has 2 fully saturated rings. The quantitative estimate of drug-likeness (QED) is 0.703. The Morgan fingerprint density at radius 3 is 2.42 bits per heavy atom. The van der Waals surface area contributed by atoms with Crippen LogP contribution < -0.4 is 9.80 Å². The summed E-state index contributed by atoms with van der Waals surface area (Å²) < 4.78 is 20.2. The van der Waals surface area contributed by atoms with Gasteiger partial charge in [-0.3, -0.25) is 14.5 Å². The van der Waals surface area contributed by atoms with Gasteiger partial charge < -0.3 is 19.4 Å². The molecule has 0 saturated carbocycles. The van der Waals surface area contributed by atoms with Gasteiger partial charge in [0, 0.05) is 64.4 Å². The summed E-state index contributed by atoms with van der Waals surface area (Å²) in [4.78, 5) is 46.3. The third-order valence-electron chi connectivity index (χ3n) is 6.10. The van der Waals surface area contributed by atoms with Gasteiger partial charge >= 0.3 is 6.09 Å². The maximum atomic E-state index is 15.0. The number of nitrogens with zero attached hydrogens (tertiary/aromatic N) is 5. The van der Waals surface area contributed by atoms with Gasteiger partial charge in [0.05, 0.1) is 12.2 Å². The highest BCUT2D eigenvalue weighted by atomic mass is 19.1. The summed E-state index contributed by atoms with van der Waals surface area (Å²) in [5.41, 5.74) is 1.33. The number of aromatic nitrogens is 1. The Bertz CT molecular complexity index is 1070. The number of benzene rings is 1. The van der Waals surface area contributed by atoms with Crippen molar-refractivity contribution in [3.8, 4) is 11.1 Å². The Kier molecular flexibility index (Phi) is 6.17. The zero-order valence-electron chi connectivity index (χ0n) is 18.8. The van der Waals surface area contributed by atoms with Gasteiger partial charge in [-0.2, -0.15) is 0 Å². The van der Waals surface area contributed by atoms with E-state index in [-0.39, 0.29) is 18.4 Å². The zero-order valence-corrected chi connectivity index (χ0v) is 18.8. The van der Waals surface area contributed by atoms with Crippen LogP contribution in [0, 0.1) is 5.82 Å². The predicted octanol–water partition coefficient (Wildman–Crippen LogP) is 2.32.